The van der Waals surface area contributed by atoms with Gasteiger partial charge in [-0.05, 0) is 32.2 Å². The number of aromatic nitrogens is 3. The van der Waals surface area contributed by atoms with Crippen LogP contribution in [0.4, 0.5) is 5.95 Å². The van der Waals surface area contributed by atoms with Crippen molar-refractivity contribution in [2.24, 2.45) is 5.10 Å². The molecular weight excluding hydrogens is 320 g/mol. The standard InChI is InChI=1S/C13H18N6OS2/c1-13(2,3)16-10(20)8-22-12-15-11(18-19-12)17-14-7-9-5-4-6-21-9/h4-7H,8H2,1-3H3,(H,16,20)(H2,15,17,18,19)/b14-7-. The zero-order valence-corrected chi connectivity index (χ0v) is 14.2. The average molecular weight is 338 g/mol. The Morgan fingerprint density at radius 1 is 1.55 bits per heavy atom. The fourth-order valence-corrected chi connectivity index (χ4v) is 2.65. The Kier molecular flexibility index (Phi) is 5.56. The summed E-state index contributed by atoms with van der Waals surface area (Å²) in [5, 5.41) is 16.2. The summed E-state index contributed by atoms with van der Waals surface area (Å²) in [4.78, 5) is 16.9. The lowest BCUT2D eigenvalue weighted by atomic mass is 10.1. The number of carbonyl (C=O) groups is 1. The molecule has 0 unspecified atom stereocenters. The molecule has 0 aliphatic heterocycles. The second-order valence-corrected chi connectivity index (χ2v) is 7.36. The van der Waals surface area contributed by atoms with Crippen LogP contribution in [-0.2, 0) is 4.79 Å². The Bertz CT molecular complexity index is 629. The number of aromatic amines is 1. The van der Waals surface area contributed by atoms with Crippen LogP contribution in [-0.4, -0.2) is 38.6 Å². The van der Waals surface area contributed by atoms with Crippen molar-refractivity contribution < 1.29 is 4.79 Å². The van der Waals surface area contributed by atoms with Crippen molar-refractivity contribution in [1.82, 2.24) is 20.5 Å². The molecule has 1 amide bonds. The molecule has 3 N–H and O–H groups in total. The van der Waals surface area contributed by atoms with Crippen molar-refractivity contribution in [2.75, 3.05) is 11.2 Å². The maximum absolute atomic E-state index is 11.7. The van der Waals surface area contributed by atoms with Gasteiger partial charge in [0.1, 0.15) is 0 Å². The lowest BCUT2D eigenvalue weighted by Crippen LogP contribution is -2.41. The Hall–Kier alpha value is -1.87. The fraction of sp³-hybridized carbons (Fsp3) is 0.385. The van der Waals surface area contributed by atoms with Gasteiger partial charge in [-0.3, -0.25) is 4.79 Å². The predicted molar refractivity (Wildman–Crippen MR) is 90.5 cm³/mol. The van der Waals surface area contributed by atoms with Crippen molar-refractivity contribution in [1.29, 1.82) is 0 Å². The van der Waals surface area contributed by atoms with Crippen molar-refractivity contribution in [2.45, 2.75) is 31.5 Å². The molecule has 118 valence electrons. The van der Waals surface area contributed by atoms with E-state index in [-0.39, 0.29) is 17.2 Å². The van der Waals surface area contributed by atoms with Crippen LogP contribution in [0.3, 0.4) is 0 Å². The number of nitrogens with one attached hydrogen (secondary N) is 3. The summed E-state index contributed by atoms with van der Waals surface area (Å²) in [6, 6.07) is 3.92. The number of thioether (sulfide) groups is 1. The molecular formula is C13H18N6OS2. The first-order chi connectivity index (χ1) is 10.4. The molecule has 0 fully saturated rings. The zero-order chi connectivity index (χ0) is 16.0. The van der Waals surface area contributed by atoms with Gasteiger partial charge in [0.2, 0.25) is 17.0 Å². The van der Waals surface area contributed by atoms with Gasteiger partial charge in [-0.15, -0.1) is 16.4 Å². The van der Waals surface area contributed by atoms with E-state index in [2.05, 4.69) is 31.0 Å². The first kappa shape index (κ1) is 16.5. The number of amides is 1. The van der Waals surface area contributed by atoms with E-state index < -0.39 is 0 Å². The lowest BCUT2D eigenvalue weighted by Gasteiger charge is -2.19. The van der Waals surface area contributed by atoms with E-state index in [0.29, 0.717) is 11.1 Å². The number of H-pyrrole nitrogens is 1. The highest BCUT2D eigenvalue weighted by molar-refractivity contribution is 7.99. The third kappa shape index (κ3) is 5.86. The number of hydrogen-bond acceptors (Lipinski definition) is 7. The molecule has 0 bridgehead atoms. The zero-order valence-electron chi connectivity index (χ0n) is 12.6. The highest BCUT2D eigenvalue weighted by atomic mass is 32.2. The second-order valence-electron chi connectivity index (χ2n) is 5.44. The highest BCUT2D eigenvalue weighted by Crippen LogP contribution is 2.14. The summed E-state index contributed by atoms with van der Waals surface area (Å²) < 4.78 is 0. The van der Waals surface area contributed by atoms with Crippen molar-refractivity contribution in [3.05, 3.63) is 22.4 Å². The predicted octanol–water partition coefficient (Wildman–Crippen LogP) is 2.32. The van der Waals surface area contributed by atoms with E-state index in [4.69, 9.17) is 0 Å². The number of hydrogen-bond donors (Lipinski definition) is 3. The van der Waals surface area contributed by atoms with E-state index in [1.165, 1.54) is 11.8 Å². The van der Waals surface area contributed by atoms with Gasteiger partial charge in [-0.2, -0.15) is 10.1 Å². The van der Waals surface area contributed by atoms with Gasteiger partial charge >= 0.3 is 0 Å². The van der Waals surface area contributed by atoms with Gasteiger partial charge in [0.05, 0.1) is 12.0 Å². The van der Waals surface area contributed by atoms with E-state index in [9.17, 15) is 4.79 Å². The monoisotopic (exact) mass is 338 g/mol. The molecule has 22 heavy (non-hydrogen) atoms. The van der Waals surface area contributed by atoms with Crippen LogP contribution in [0, 0.1) is 0 Å². The molecule has 0 aliphatic carbocycles. The third-order valence-corrected chi connectivity index (χ3v) is 3.87. The van der Waals surface area contributed by atoms with Crippen molar-refractivity contribution in [3.8, 4) is 0 Å². The summed E-state index contributed by atoms with van der Waals surface area (Å²) in [6.07, 6.45) is 1.71. The minimum absolute atomic E-state index is 0.0486. The van der Waals surface area contributed by atoms with E-state index in [1.54, 1.807) is 17.6 Å². The summed E-state index contributed by atoms with van der Waals surface area (Å²) in [5.74, 6) is 0.659. The normalized spacial score (nSPS) is 11.8. The number of thiophene rings is 1. The Balaban J connectivity index is 1.78. The van der Waals surface area contributed by atoms with Gasteiger partial charge in [0, 0.05) is 10.4 Å². The topological polar surface area (TPSA) is 95.1 Å². The van der Waals surface area contributed by atoms with Gasteiger partial charge in [-0.25, -0.2) is 10.5 Å². The number of hydrazone groups is 1. The molecule has 7 nitrogen and oxygen atoms in total. The van der Waals surface area contributed by atoms with Gasteiger partial charge in [0.25, 0.3) is 0 Å². The molecule has 0 saturated carbocycles. The lowest BCUT2D eigenvalue weighted by molar-refractivity contribution is -0.119. The number of anilines is 1. The minimum atomic E-state index is -0.236. The van der Waals surface area contributed by atoms with E-state index >= 15 is 0 Å². The summed E-state index contributed by atoms with van der Waals surface area (Å²) in [6.45, 7) is 5.82. The van der Waals surface area contributed by atoms with Crippen LogP contribution in [0.15, 0.2) is 27.8 Å². The highest BCUT2D eigenvalue weighted by Gasteiger charge is 2.14. The molecule has 0 atom stereocenters. The Labute approximate surface area is 137 Å². The molecule has 2 heterocycles. The molecule has 0 aromatic carbocycles. The van der Waals surface area contributed by atoms with Crippen molar-refractivity contribution >= 4 is 41.2 Å². The summed E-state index contributed by atoms with van der Waals surface area (Å²) in [5.41, 5.74) is 2.53. The van der Waals surface area contributed by atoms with Crippen LogP contribution >= 0.6 is 23.1 Å². The van der Waals surface area contributed by atoms with E-state index in [0.717, 1.165) is 4.88 Å². The van der Waals surface area contributed by atoms with Gasteiger partial charge < -0.3 is 5.32 Å². The summed E-state index contributed by atoms with van der Waals surface area (Å²) >= 11 is 2.86. The molecule has 9 heteroatoms. The number of rotatable bonds is 6. The maximum atomic E-state index is 11.7. The molecule has 0 saturated heterocycles. The molecule has 2 aromatic heterocycles. The van der Waals surface area contributed by atoms with Crippen LogP contribution in [0.2, 0.25) is 0 Å². The smallest absolute Gasteiger partial charge is 0.240 e. The quantitative estimate of drug-likeness (QED) is 0.427. The molecule has 0 spiro atoms. The van der Waals surface area contributed by atoms with Gasteiger partial charge in [-0.1, -0.05) is 17.8 Å². The fourth-order valence-electron chi connectivity index (χ4n) is 1.47. The number of carbonyl (C=O) groups excluding carboxylic acids is 1. The minimum Gasteiger partial charge on any atom is -0.351 e. The van der Waals surface area contributed by atoms with Gasteiger partial charge in [0.15, 0.2) is 0 Å². The van der Waals surface area contributed by atoms with Crippen LogP contribution < -0.4 is 10.7 Å². The largest absolute Gasteiger partial charge is 0.351 e. The first-order valence-electron chi connectivity index (χ1n) is 6.61. The molecule has 0 aliphatic rings. The Morgan fingerprint density at radius 3 is 3.05 bits per heavy atom. The SMILES string of the molecule is CC(C)(C)NC(=O)CSc1n[nH]c(N/N=C\c2cccs2)n1. The first-order valence-corrected chi connectivity index (χ1v) is 8.48. The maximum Gasteiger partial charge on any atom is 0.240 e. The molecule has 0 radical (unpaired) electrons. The number of nitrogens with zero attached hydrogens (tertiary/aromatic N) is 3. The van der Waals surface area contributed by atoms with Crippen LogP contribution in [0.25, 0.3) is 0 Å². The second kappa shape index (κ2) is 7.41. The average Bonchev–Trinajstić information content (AvgIpc) is 3.06. The van der Waals surface area contributed by atoms with Crippen LogP contribution in [0.5, 0.6) is 0 Å². The summed E-state index contributed by atoms with van der Waals surface area (Å²) in [7, 11) is 0. The van der Waals surface area contributed by atoms with E-state index in [1.807, 2.05) is 38.3 Å². The Morgan fingerprint density at radius 2 is 2.36 bits per heavy atom. The van der Waals surface area contributed by atoms with Crippen molar-refractivity contribution in [3.63, 3.8) is 0 Å². The molecule has 2 aromatic rings. The third-order valence-electron chi connectivity index (χ3n) is 2.22. The molecule has 2 rings (SSSR count). The van der Waals surface area contributed by atoms with Crippen LogP contribution in [0.1, 0.15) is 25.6 Å².